The molecular weight excluding hydrogens is 314 g/mol. The van der Waals surface area contributed by atoms with Crippen LogP contribution in [0.2, 0.25) is 0 Å². The van der Waals surface area contributed by atoms with E-state index in [1.165, 1.54) is 11.8 Å². The van der Waals surface area contributed by atoms with Gasteiger partial charge in [-0.25, -0.2) is 4.98 Å². The molecule has 0 radical (unpaired) electrons. The van der Waals surface area contributed by atoms with Crippen molar-refractivity contribution in [1.29, 1.82) is 0 Å². The van der Waals surface area contributed by atoms with E-state index in [0.717, 1.165) is 0 Å². The second kappa shape index (κ2) is 8.12. The number of hydrogen-bond acceptors (Lipinski definition) is 5. The van der Waals surface area contributed by atoms with Gasteiger partial charge in [0.25, 0.3) is 5.56 Å². The fourth-order valence-electron chi connectivity index (χ4n) is 2.12. The van der Waals surface area contributed by atoms with Crippen LogP contribution in [0.25, 0.3) is 10.9 Å². The second-order valence-electron chi connectivity index (χ2n) is 5.08. The Hall–Kier alpha value is -1.86. The summed E-state index contributed by atoms with van der Waals surface area (Å²) in [5, 5.41) is 0.623. The SMILES string of the molecule is CCOCCCn1c(S[C@@H](C)C(N)=O)nc2ccccc2c1=O. The smallest absolute Gasteiger partial charge is 0.262 e. The summed E-state index contributed by atoms with van der Waals surface area (Å²) in [7, 11) is 0. The second-order valence-corrected chi connectivity index (χ2v) is 6.39. The Morgan fingerprint density at radius 3 is 2.87 bits per heavy atom. The van der Waals surface area contributed by atoms with Crippen molar-refractivity contribution in [1.82, 2.24) is 9.55 Å². The summed E-state index contributed by atoms with van der Waals surface area (Å²) in [4.78, 5) is 28.6. The fourth-order valence-corrected chi connectivity index (χ4v) is 3.00. The highest BCUT2D eigenvalue weighted by molar-refractivity contribution is 8.00. The third-order valence-corrected chi connectivity index (χ3v) is 4.49. The lowest BCUT2D eigenvalue weighted by atomic mass is 10.2. The normalized spacial score (nSPS) is 12.4. The lowest BCUT2D eigenvalue weighted by Crippen LogP contribution is -2.27. The number of nitrogens with zero attached hydrogens (tertiary/aromatic N) is 2. The lowest BCUT2D eigenvalue weighted by Gasteiger charge is -2.14. The van der Waals surface area contributed by atoms with Gasteiger partial charge in [0.2, 0.25) is 5.91 Å². The minimum Gasteiger partial charge on any atom is -0.382 e. The van der Waals surface area contributed by atoms with Gasteiger partial charge in [0.15, 0.2) is 5.16 Å². The quantitative estimate of drug-likeness (QED) is 0.451. The first-order valence-corrected chi connectivity index (χ1v) is 8.45. The van der Waals surface area contributed by atoms with Gasteiger partial charge in [0, 0.05) is 19.8 Å². The number of hydrogen-bond donors (Lipinski definition) is 1. The first-order valence-electron chi connectivity index (χ1n) is 7.58. The number of rotatable bonds is 8. The number of carbonyl (C=O) groups excluding carboxylic acids is 1. The van der Waals surface area contributed by atoms with Crippen molar-refractivity contribution in [2.45, 2.75) is 37.2 Å². The van der Waals surface area contributed by atoms with Gasteiger partial charge in [-0.05, 0) is 32.4 Å². The molecule has 1 heterocycles. The maximum Gasteiger partial charge on any atom is 0.262 e. The number of amides is 1. The van der Waals surface area contributed by atoms with E-state index in [2.05, 4.69) is 4.98 Å². The van der Waals surface area contributed by atoms with Gasteiger partial charge in [-0.15, -0.1) is 0 Å². The predicted molar refractivity (Wildman–Crippen MR) is 91.6 cm³/mol. The van der Waals surface area contributed by atoms with Crippen LogP contribution in [-0.4, -0.2) is 33.9 Å². The van der Waals surface area contributed by atoms with E-state index >= 15 is 0 Å². The fraction of sp³-hybridized carbons (Fsp3) is 0.438. The summed E-state index contributed by atoms with van der Waals surface area (Å²) in [6.45, 7) is 5.35. The summed E-state index contributed by atoms with van der Waals surface area (Å²) in [6.07, 6.45) is 0.701. The molecule has 0 spiro atoms. The van der Waals surface area contributed by atoms with Crippen molar-refractivity contribution < 1.29 is 9.53 Å². The Morgan fingerprint density at radius 2 is 2.17 bits per heavy atom. The van der Waals surface area contributed by atoms with Crippen molar-refractivity contribution in [3.8, 4) is 0 Å². The Morgan fingerprint density at radius 1 is 1.43 bits per heavy atom. The van der Waals surface area contributed by atoms with E-state index < -0.39 is 11.2 Å². The van der Waals surface area contributed by atoms with E-state index in [9.17, 15) is 9.59 Å². The van der Waals surface area contributed by atoms with E-state index in [1.54, 1.807) is 23.6 Å². The molecule has 0 aliphatic carbocycles. The molecule has 0 saturated carbocycles. The minimum absolute atomic E-state index is 0.105. The monoisotopic (exact) mass is 335 g/mol. The number of primary amides is 1. The molecule has 1 atom stereocenters. The number of ether oxygens (including phenoxy) is 1. The van der Waals surface area contributed by atoms with E-state index in [4.69, 9.17) is 10.5 Å². The van der Waals surface area contributed by atoms with Crippen LogP contribution in [0.15, 0.2) is 34.2 Å². The van der Waals surface area contributed by atoms with Crippen molar-refractivity contribution in [2.24, 2.45) is 5.73 Å². The van der Waals surface area contributed by atoms with Crippen LogP contribution in [0.3, 0.4) is 0 Å². The van der Waals surface area contributed by atoms with Crippen LogP contribution < -0.4 is 11.3 Å². The van der Waals surface area contributed by atoms with Crippen molar-refractivity contribution in [3.05, 3.63) is 34.6 Å². The first-order chi connectivity index (χ1) is 11.0. The van der Waals surface area contributed by atoms with Crippen LogP contribution in [0.5, 0.6) is 0 Å². The summed E-state index contributed by atoms with van der Waals surface area (Å²) in [5.74, 6) is -0.432. The zero-order valence-corrected chi connectivity index (χ0v) is 14.1. The first kappa shape index (κ1) is 17.5. The van der Waals surface area contributed by atoms with E-state index in [-0.39, 0.29) is 5.56 Å². The molecule has 0 aliphatic heterocycles. The van der Waals surface area contributed by atoms with E-state index in [0.29, 0.717) is 42.2 Å². The summed E-state index contributed by atoms with van der Waals surface area (Å²) < 4.78 is 6.93. The third kappa shape index (κ3) is 4.33. The minimum atomic E-state index is -0.457. The molecule has 0 unspecified atom stereocenters. The van der Waals surface area contributed by atoms with Crippen LogP contribution in [-0.2, 0) is 16.1 Å². The van der Waals surface area contributed by atoms with Crippen molar-refractivity contribution in [3.63, 3.8) is 0 Å². The molecule has 7 heteroatoms. The van der Waals surface area contributed by atoms with Crippen LogP contribution in [0, 0.1) is 0 Å². The maximum atomic E-state index is 12.7. The lowest BCUT2D eigenvalue weighted by molar-refractivity contribution is -0.117. The average molecular weight is 335 g/mol. The molecule has 2 N–H and O–H groups in total. The number of nitrogens with two attached hydrogens (primary N) is 1. The molecule has 2 aromatic rings. The number of para-hydroxylation sites is 1. The molecule has 1 aromatic carbocycles. The maximum absolute atomic E-state index is 12.7. The van der Waals surface area contributed by atoms with Crippen LogP contribution >= 0.6 is 11.8 Å². The van der Waals surface area contributed by atoms with Gasteiger partial charge in [-0.2, -0.15) is 0 Å². The number of fused-ring (bicyclic) bond motifs is 1. The highest BCUT2D eigenvalue weighted by atomic mass is 32.2. The zero-order valence-electron chi connectivity index (χ0n) is 13.3. The predicted octanol–water partition coefficient (Wildman–Crippen LogP) is 1.79. The molecule has 0 aliphatic rings. The molecular formula is C16H21N3O3S. The molecule has 6 nitrogen and oxygen atoms in total. The molecule has 23 heavy (non-hydrogen) atoms. The van der Waals surface area contributed by atoms with Crippen molar-refractivity contribution >= 4 is 28.6 Å². The van der Waals surface area contributed by atoms with Gasteiger partial charge in [-0.1, -0.05) is 23.9 Å². The summed E-state index contributed by atoms with van der Waals surface area (Å²) >= 11 is 1.21. The number of benzene rings is 1. The Balaban J connectivity index is 2.40. The van der Waals surface area contributed by atoms with Gasteiger partial charge in [-0.3, -0.25) is 14.2 Å². The van der Waals surface area contributed by atoms with E-state index in [1.807, 2.05) is 19.1 Å². The van der Waals surface area contributed by atoms with Gasteiger partial charge >= 0.3 is 0 Å². The Labute approximate surface area is 139 Å². The van der Waals surface area contributed by atoms with Gasteiger partial charge < -0.3 is 10.5 Å². The molecule has 0 fully saturated rings. The largest absolute Gasteiger partial charge is 0.382 e. The molecule has 1 aromatic heterocycles. The molecule has 0 bridgehead atoms. The van der Waals surface area contributed by atoms with Crippen LogP contribution in [0.4, 0.5) is 0 Å². The summed E-state index contributed by atoms with van der Waals surface area (Å²) in [6, 6.07) is 7.20. The molecule has 0 saturated heterocycles. The molecule has 124 valence electrons. The third-order valence-electron chi connectivity index (χ3n) is 3.38. The van der Waals surface area contributed by atoms with Crippen LogP contribution in [0.1, 0.15) is 20.3 Å². The van der Waals surface area contributed by atoms with Crippen molar-refractivity contribution in [2.75, 3.05) is 13.2 Å². The summed E-state index contributed by atoms with van der Waals surface area (Å²) in [5.41, 5.74) is 5.85. The molecule has 2 rings (SSSR count). The topological polar surface area (TPSA) is 87.2 Å². The number of carbonyl (C=O) groups is 1. The standard InChI is InChI=1S/C16H21N3O3S/c1-3-22-10-6-9-19-15(21)12-7-4-5-8-13(12)18-16(19)23-11(2)14(17)20/h4-5,7-8,11H,3,6,9-10H2,1-2H3,(H2,17,20)/t11-/m0/s1. The van der Waals surface area contributed by atoms with Gasteiger partial charge in [0.1, 0.15) is 0 Å². The zero-order chi connectivity index (χ0) is 16.8. The highest BCUT2D eigenvalue weighted by Crippen LogP contribution is 2.22. The Kier molecular flexibility index (Phi) is 6.18. The highest BCUT2D eigenvalue weighted by Gasteiger charge is 2.17. The molecule has 1 amide bonds. The number of thioether (sulfide) groups is 1. The Bertz CT molecular complexity index is 745. The number of aromatic nitrogens is 2. The van der Waals surface area contributed by atoms with Gasteiger partial charge in [0.05, 0.1) is 16.2 Å². The average Bonchev–Trinajstić information content (AvgIpc) is 2.53.